The predicted molar refractivity (Wildman–Crippen MR) is 166 cm³/mol. The van der Waals surface area contributed by atoms with E-state index in [1.807, 2.05) is 62.6 Å². The third-order valence-electron chi connectivity index (χ3n) is 7.95. The quantitative estimate of drug-likeness (QED) is 0.157. The van der Waals surface area contributed by atoms with Crippen molar-refractivity contribution in [2.24, 2.45) is 0 Å². The minimum absolute atomic E-state index is 0.0383. The zero-order chi connectivity index (χ0) is 30.0. The highest BCUT2D eigenvalue weighted by molar-refractivity contribution is 8.18. The van der Waals surface area contributed by atoms with Crippen LogP contribution in [-0.4, -0.2) is 44.7 Å². The Morgan fingerprint density at radius 2 is 1.81 bits per heavy atom. The number of amides is 2. The van der Waals surface area contributed by atoms with Crippen LogP contribution in [0.25, 0.3) is 11.8 Å². The maximum Gasteiger partial charge on any atom is 0.294 e. The third kappa shape index (κ3) is 6.23. The number of nitrogens with zero attached hydrogens (tertiary/aromatic N) is 3. The van der Waals surface area contributed by atoms with Crippen molar-refractivity contribution in [3.63, 3.8) is 0 Å². The van der Waals surface area contributed by atoms with Gasteiger partial charge in [-0.2, -0.15) is 0 Å². The van der Waals surface area contributed by atoms with Gasteiger partial charge in [-0.3, -0.25) is 24.6 Å². The van der Waals surface area contributed by atoms with E-state index in [9.17, 15) is 19.7 Å². The number of thioether (sulfide) groups is 1. The summed E-state index contributed by atoms with van der Waals surface area (Å²) in [5.74, 6) is 0.385. The highest BCUT2D eigenvalue weighted by Crippen LogP contribution is 2.35. The predicted octanol–water partition coefficient (Wildman–Crippen LogP) is 7.48. The summed E-state index contributed by atoms with van der Waals surface area (Å²) in [5, 5.41) is 15.1. The molecule has 2 heterocycles. The van der Waals surface area contributed by atoms with E-state index in [1.54, 1.807) is 18.2 Å². The van der Waals surface area contributed by atoms with Crippen LogP contribution in [0.3, 0.4) is 0 Å². The number of nitro benzene ring substituents is 1. The van der Waals surface area contributed by atoms with Gasteiger partial charge in [0.1, 0.15) is 18.0 Å². The molecule has 1 aromatic heterocycles. The van der Waals surface area contributed by atoms with Gasteiger partial charge in [-0.15, -0.1) is 0 Å². The fraction of sp³-hybridized carbons (Fsp3) is 0.375. The van der Waals surface area contributed by atoms with Gasteiger partial charge in [0.05, 0.1) is 22.1 Å². The second kappa shape index (κ2) is 12.4. The minimum Gasteiger partial charge on any atom is -0.491 e. The molecule has 5 rings (SSSR count). The van der Waals surface area contributed by atoms with Crippen molar-refractivity contribution >= 4 is 40.4 Å². The van der Waals surface area contributed by atoms with E-state index in [-0.39, 0.29) is 41.0 Å². The van der Waals surface area contributed by atoms with Gasteiger partial charge in [-0.05, 0) is 99.3 Å². The molecule has 1 saturated carbocycles. The highest BCUT2D eigenvalue weighted by atomic mass is 32.2. The Kier molecular flexibility index (Phi) is 8.72. The molecule has 2 amide bonds. The Labute approximate surface area is 250 Å². The third-order valence-corrected chi connectivity index (χ3v) is 8.85. The average Bonchev–Trinajstić information content (AvgIpc) is 3.39. The van der Waals surface area contributed by atoms with Crippen LogP contribution < -0.4 is 10.1 Å². The summed E-state index contributed by atoms with van der Waals surface area (Å²) in [6.07, 6.45) is 7.24. The summed E-state index contributed by atoms with van der Waals surface area (Å²) in [5.41, 5.74) is 5.76. The summed E-state index contributed by atoms with van der Waals surface area (Å²) in [4.78, 5) is 39.1. The number of hydrogen-bond donors (Lipinski definition) is 1. The van der Waals surface area contributed by atoms with Crippen molar-refractivity contribution in [1.29, 1.82) is 0 Å². The van der Waals surface area contributed by atoms with E-state index >= 15 is 0 Å². The molecule has 0 spiro atoms. The smallest absolute Gasteiger partial charge is 0.294 e. The summed E-state index contributed by atoms with van der Waals surface area (Å²) in [6, 6.07) is 13.4. The number of nitrogens with one attached hydrogen (secondary N) is 1. The second-order valence-corrected chi connectivity index (χ2v) is 12.0. The number of nitro groups is 1. The standard InChI is InChI=1S/C32H36N4O5S/c1-20-10-11-21(2)29(16-20)41-15-14-34-31(37)30(42-32(34)38)18-24-17-22(3)35(23(24)4)26-12-13-27(28(19-26)36(39)40)33-25-8-6-5-7-9-25/h10-13,16-19,25,33H,5-9,14-15H2,1-4H3/b30-18-. The topological polar surface area (TPSA) is 107 Å². The van der Waals surface area contributed by atoms with E-state index in [0.29, 0.717) is 16.3 Å². The lowest BCUT2D eigenvalue weighted by Gasteiger charge is -2.24. The SMILES string of the molecule is Cc1ccc(C)c(OCCN2C(=O)S/C(=C\c3cc(C)n(-c4ccc(NC5CCCCC5)c([N+](=O)[O-])c4)c3C)C2=O)c1. The summed E-state index contributed by atoms with van der Waals surface area (Å²) in [7, 11) is 0. The molecular formula is C32H36N4O5S. The maximum atomic E-state index is 13.1. The molecular weight excluding hydrogens is 552 g/mol. The number of imide groups is 1. The van der Waals surface area contributed by atoms with Crippen LogP contribution in [0.4, 0.5) is 16.2 Å². The van der Waals surface area contributed by atoms with Crippen molar-refractivity contribution in [2.45, 2.75) is 65.8 Å². The van der Waals surface area contributed by atoms with Gasteiger partial charge in [0, 0.05) is 23.5 Å². The zero-order valence-electron chi connectivity index (χ0n) is 24.4. The first-order valence-electron chi connectivity index (χ1n) is 14.3. The normalized spacial score (nSPS) is 16.9. The van der Waals surface area contributed by atoms with Crippen LogP contribution in [0.1, 0.15) is 60.2 Å². The van der Waals surface area contributed by atoms with E-state index in [1.165, 1.54) is 11.3 Å². The molecule has 1 saturated heterocycles. The molecule has 0 unspecified atom stereocenters. The number of hydrogen-bond acceptors (Lipinski definition) is 7. The summed E-state index contributed by atoms with van der Waals surface area (Å²) < 4.78 is 7.80. The van der Waals surface area contributed by atoms with Crippen LogP contribution in [0.5, 0.6) is 5.75 Å². The molecule has 10 heteroatoms. The lowest BCUT2D eigenvalue weighted by molar-refractivity contribution is -0.384. The fourth-order valence-electron chi connectivity index (χ4n) is 5.67. The van der Waals surface area contributed by atoms with Gasteiger partial charge < -0.3 is 14.6 Å². The number of carbonyl (C=O) groups excluding carboxylic acids is 2. The Morgan fingerprint density at radius 3 is 2.55 bits per heavy atom. The molecule has 0 radical (unpaired) electrons. The number of anilines is 1. The largest absolute Gasteiger partial charge is 0.491 e. The Balaban J connectivity index is 1.33. The maximum absolute atomic E-state index is 13.1. The molecule has 3 aromatic rings. The van der Waals surface area contributed by atoms with Gasteiger partial charge in [0.25, 0.3) is 16.8 Å². The van der Waals surface area contributed by atoms with Crippen LogP contribution in [-0.2, 0) is 4.79 Å². The Bertz CT molecular complexity index is 1570. The number of aryl methyl sites for hydroxylation is 3. The lowest BCUT2D eigenvalue weighted by Crippen LogP contribution is -2.32. The lowest BCUT2D eigenvalue weighted by atomic mass is 9.95. The number of ether oxygens (including phenoxy) is 1. The molecule has 1 aliphatic heterocycles. The Morgan fingerprint density at radius 1 is 1.05 bits per heavy atom. The highest BCUT2D eigenvalue weighted by Gasteiger charge is 2.35. The van der Waals surface area contributed by atoms with Crippen molar-refractivity contribution in [1.82, 2.24) is 9.47 Å². The van der Waals surface area contributed by atoms with Crippen molar-refractivity contribution in [2.75, 3.05) is 18.5 Å². The molecule has 42 heavy (non-hydrogen) atoms. The molecule has 2 fully saturated rings. The zero-order valence-corrected chi connectivity index (χ0v) is 25.3. The average molecular weight is 589 g/mol. The summed E-state index contributed by atoms with van der Waals surface area (Å²) in [6.45, 7) is 8.11. The second-order valence-electron chi connectivity index (χ2n) is 11.1. The first kappa shape index (κ1) is 29.4. The molecule has 1 aliphatic carbocycles. The van der Waals surface area contributed by atoms with Crippen molar-refractivity contribution in [3.05, 3.63) is 85.6 Å². The number of carbonyl (C=O) groups is 2. The van der Waals surface area contributed by atoms with E-state index in [2.05, 4.69) is 5.32 Å². The number of rotatable bonds is 9. The van der Waals surface area contributed by atoms with Crippen LogP contribution in [0.2, 0.25) is 0 Å². The van der Waals surface area contributed by atoms with E-state index in [0.717, 1.165) is 71.3 Å². The Hall–Kier alpha value is -4.05. The molecule has 1 N–H and O–H groups in total. The van der Waals surface area contributed by atoms with Crippen LogP contribution >= 0.6 is 11.8 Å². The summed E-state index contributed by atoms with van der Waals surface area (Å²) >= 11 is 0.909. The molecule has 9 nitrogen and oxygen atoms in total. The van der Waals surface area contributed by atoms with Gasteiger partial charge in [0.2, 0.25) is 0 Å². The molecule has 0 bridgehead atoms. The fourth-order valence-corrected chi connectivity index (χ4v) is 6.53. The van der Waals surface area contributed by atoms with Crippen molar-refractivity contribution in [3.8, 4) is 11.4 Å². The monoisotopic (exact) mass is 588 g/mol. The van der Waals surface area contributed by atoms with Gasteiger partial charge in [0.15, 0.2) is 0 Å². The van der Waals surface area contributed by atoms with Crippen LogP contribution in [0, 0.1) is 37.8 Å². The van der Waals surface area contributed by atoms with Crippen molar-refractivity contribution < 1.29 is 19.2 Å². The molecule has 2 aliphatic rings. The molecule has 0 atom stereocenters. The first-order chi connectivity index (χ1) is 20.1. The van der Waals surface area contributed by atoms with Crippen LogP contribution in [0.15, 0.2) is 47.4 Å². The number of benzene rings is 2. The first-order valence-corrected chi connectivity index (χ1v) is 15.1. The van der Waals surface area contributed by atoms with Gasteiger partial charge in [-0.1, -0.05) is 31.4 Å². The molecule has 220 valence electrons. The van der Waals surface area contributed by atoms with E-state index in [4.69, 9.17) is 4.74 Å². The van der Waals surface area contributed by atoms with Gasteiger partial charge >= 0.3 is 0 Å². The van der Waals surface area contributed by atoms with Gasteiger partial charge in [-0.25, -0.2) is 0 Å². The van der Waals surface area contributed by atoms with E-state index < -0.39 is 0 Å². The minimum atomic E-state index is -0.354. The number of aromatic nitrogens is 1. The molecule has 2 aromatic carbocycles.